The van der Waals surface area contributed by atoms with Crippen molar-refractivity contribution in [2.24, 2.45) is 0 Å². The zero-order valence-electron chi connectivity index (χ0n) is 13.0. The normalized spacial score (nSPS) is 25.3. The summed E-state index contributed by atoms with van der Waals surface area (Å²) in [6.45, 7) is 2.33. The van der Waals surface area contributed by atoms with Gasteiger partial charge in [0.2, 0.25) is 5.91 Å². The number of ether oxygens (including phenoxy) is 1. The van der Waals surface area contributed by atoms with Crippen LogP contribution in [-0.4, -0.2) is 52.1 Å². The van der Waals surface area contributed by atoms with Crippen LogP contribution in [0.3, 0.4) is 0 Å². The van der Waals surface area contributed by atoms with Crippen molar-refractivity contribution in [3.63, 3.8) is 0 Å². The molecular formula is C15H20F3N3O2. The molecule has 0 radical (unpaired) electrons. The first kappa shape index (κ1) is 16.3. The molecule has 2 atom stereocenters. The number of hydrogen-bond donors (Lipinski definition) is 0. The maximum Gasteiger partial charge on any atom is 0.416 e. The number of alkyl halides is 3. The average Bonchev–Trinajstić information content (AvgIpc) is 2.89. The van der Waals surface area contributed by atoms with Crippen molar-refractivity contribution in [3.8, 4) is 0 Å². The van der Waals surface area contributed by atoms with E-state index in [0.717, 1.165) is 37.1 Å². The Morgan fingerprint density at radius 2 is 2.17 bits per heavy atom. The highest BCUT2D eigenvalue weighted by Gasteiger charge is 2.48. The van der Waals surface area contributed by atoms with Crippen molar-refractivity contribution in [1.29, 1.82) is 0 Å². The van der Waals surface area contributed by atoms with Gasteiger partial charge in [-0.05, 0) is 26.2 Å². The number of halogens is 3. The van der Waals surface area contributed by atoms with E-state index >= 15 is 0 Å². The molecule has 23 heavy (non-hydrogen) atoms. The highest BCUT2D eigenvalue weighted by Crippen LogP contribution is 2.30. The van der Waals surface area contributed by atoms with E-state index in [9.17, 15) is 18.0 Å². The quantitative estimate of drug-likeness (QED) is 0.832. The third-order valence-corrected chi connectivity index (χ3v) is 4.61. The third-order valence-electron chi connectivity index (χ3n) is 4.61. The Morgan fingerprint density at radius 3 is 2.91 bits per heavy atom. The molecule has 2 aliphatic rings. The Kier molecular flexibility index (Phi) is 4.35. The van der Waals surface area contributed by atoms with Gasteiger partial charge in [0.25, 0.3) is 0 Å². The molecule has 0 spiro atoms. The van der Waals surface area contributed by atoms with Crippen molar-refractivity contribution in [1.82, 2.24) is 14.7 Å². The summed E-state index contributed by atoms with van der Waals surface area (Å²) in [5, 5.41) is 4.27. The molecule has 3 heterocycles. The van der Waals surface area contributed by atoms with Crippen LogP contribution in [0.4, 0.5) is 13.2 Å². The van der Waals surface area contributed by atoms with Crippen molar-refractivity contribution in [2.75, 3.05) is 13.2 Å². The molecule has 1 saturated heterocycles. The summed E-state index contributed by atoms with van der Waals surface area (Å²) in [5.74, 6) is -0.295. The summed E-state index contributed by atoms with van der Waals surface area (Å²) in [6.07, 6.45) is -1.62. The Bertz CT molecular complexity index is 585. The predicted octanol–water partition coefficient (Wildman–Crippen LogP) is 1.94. The van der Waals surface area contributed by atoms with Crippen molar-refractivity contribution < 1.29 is 22.7 Å². The number of morpholine rings is 1. The topological polar surface area (TPSA) is 47.4 Å². The van der Waals surface area contributed by atoms with Crippen LogP contribution < -0.4 is 0 Å². The number of hydrogen-bond acceptors (Lipinski definition) is 3. The second kappa shape index (κ2) is 6.14. The zero-order chi connectivity index (χ0) is 16.6. The van der Waals surface area contributed by atoms with Gasteiger partial charge in [0, 0.05) is 24.3 Å². The lowest BCUT2D eigenvalue weighted by molar-refractivity contribution is -0.250. The van der Waals surface area contributed by atoms with E-state index in [1.54, 1.807) is 6.20 Å². The van der Waals surface area contributed by atoms with E-state index in [0.29, 0.717) is 0 Å². The molecule has 1 amide bonds. The molecule has 1 aromatic rings. The minimum absolute atomic E-state index is 0.0909. The van der Waals surface area contributed by atoms with Crippen molar-refractivity contribution in [2.45, 2.75) is 57.5 Å². The van der Waals surface area contributed by atoms with Gasteiger partial charge < -0.3 is 9.64 Å². The summed E-state index contributed by atoms with van der Waals surface area (Å²) in [6, 6.07) is -1.01. The molecule has 3 rings (SSSR count). The van der Waals surface area contributed by atoms with E-state index < -0.39 is 18.3 Å². The molecule has 2 aliphatic heterocycles. The van der Waals surface area contributed by atoms with Gasteiger partial charge in [0.15, 0.2) is 6.10 Å². The van der Waals surface area contributed by atoms with E-state index in [4.69, 9.17) is 4.74 Å². The number of aryl methyl sites for hydroxylation is 1. The summed E-state index contributed by atoms with van der Waals surface area (Å²) < 4.78 is 45.6. The second-order valence-electron chi connectivity index (χ2n) is 6.13. The molecule has 5 nitrogen and oxygen atoms in total. The second-order valence-corrected chi connectivity index (χ2v) is 6.13. The number of carbonyl (C=O) groups is 1. The van der Waals surface area contributed by atoms with Gasteiger partial charge in [0.1, 0.15) is 0 Å². The van der Waals surface area contributed by atoms with Gasteiger partial charge in [-0.3, -0.25) is 9.48 Å². The maximum absolute atomic E-state index is 13.0. The zero-order valence-corrected chi connectivity index (χ0v) is 13.0. The summed E-state index contributed by atoms with van der Waals surface area (Å²) in [7, 11) is 0. The number of amides is 1. The molecular weight excluding hydrogens is 311 g/mol. The lowest BCUT2D eigenvalue weighted by Gasteiger charge is -2.40. The van der Waals surface area contributed by atoms with Crippen molar-refractivity contribution in [3.05, 3.63) is 17.5 Å². The lowest BCUT2D eigenvalue weighted by Crippen LogP contribution is -2.57. The number of fused-ring (bicyclic) bond motifs is 1. The third kappa shape index (κ3) is 3.22. The van der Waals surface area contributed by atoms with Crippen LogP contribution in [0.15, 0.2) is 6.20 Å². The number of rotatable bonds is 2. The summed E-state index contributed by atoms with van der Waals surface area (Å²) >= 11 is 0. The Hall–Kier alpha value is -1.57. The lowest BCUT2D eigenvalue weighted by atomic mass is 10.0. The fourth-order valence-electron chi connectivity index (χ4n) is 3.40. The smallest absolute Gasteiger partial charge is 0.365 e. The number of aromatic nitrogens is 2. The maximum atomic E-state index is 13.0. The van der Waals surface area contributed by atoms with E-state index in [1.165, 1.54) is 11.8 Å². The average molecular weight is 331 g/mol. The molecule has 0 aliphatic carbocycles. The fraction of sp³-hybridized carbons (Fsp3) is 0.733. The summed E-state index contributed by atoms with van der Waals surface area (Å²) in [5.41, 5.74) is 1.87. The molecule has 128 valence electrons. The molecule has 0 bridgehead atoms. The number of carbonyl (C=O) groups excluding carboxylic acids is 1. The van der Waals surface area contributed by atoms with Gasteiger partial charge in [-0.1, -0.05) is 0 Å². The standard InChI is InChI=1S/C15H20F3N3O2/c1-10-14(15(16,17)18)23-7-6-20(10)13(22)8-11-9-19-21-5-3-2-4-12(11)21/h9-10,14H,2-8H2,1H3. The van der Waals surface area contributed by atoms with E-state index in [-0.39, 0.29) is 25.5 Å². The SMILES string of the molecule is CC1C(C(F)(F)F)OCCN1C(=O)Cc1cnn2c1CCCC2. The first-order chi connectivity index (χ1) is 10.9. The van der Waals surface area contributed by atoms with Crippen LogP contribution in [-0.2, 0) is 28.9 Å². The van der Waals surface area contributed by atoms with Gasteiger partial charge in [-0.15, -0.1) is 0 Å². The molecule has 0 saturated carbocycles. The highest BCUT2D eigenvalue weighted by atomic mass is 19.4. The monoisotopic (exact) mass is 331 g/mol. The van der Waals surface area contributed by atoms with Crippen LogP contribution in [0.2, 0.25) is 0 Å². The number of nitrogens with zero attached hydrogens (tertiary/aromatic N) is 3. The van der Waals surface area contributed by atoms with Crippen LogP contribution in [0, 0.1) is 0 Å². The van der Waals surface area contributed by atoms with E-state index in [1.807, 2.05) is 4.68 Å². The largest absolute Gasteiger partial charge is 0.416 e. The molecule has 1 fully saturated rings. The molecule has 0 aromatic carbocycles. The van der Waals surface area contributed by atoms with E-state index in [2.05, 4.69) is 5.10 Å². The van der Waals surface area contributed by atoms with Gasteiger partial charge in [-0.2, -0.15) is 18.3 Å². The molecule has 2 unspecified atom stereocenters. The van der Waals surface area contributed by atoms with Crippen LogP contribution >= 0.6 is 0 Å². The van der Waals surface area contributed by atoms with Crippen LogP contribution in [0.5, 0.6) is 0 Å². The van der Waals surface area contributed by atoms with Crippen LogP contribution in [0.25, 0.3) is 0 Å². The molecule has 1 aromatic heterocycles. The summed E-state index contributed by atoms with van der Waals surface area (Å²) in [4.78, 5) is 13.8. The predicted molar refractivity (Wildman–Crippen MR) is 75.8 cm³/mol. The highest BCUT2D eigenvalue weighted by molar-refractivity contribution is 5.79. The fourth-order valence-corrected chi connectivity index (χ4v) is 3.40. The molecule has 0 N–H and O–H groups in total. The van der Waals surface area contributed by atoms with Crippen molar-refractivity contribution >= 4 is 5.91 Å². The Labute approximate surface area is 132 Å². The Balaban J connectivity index is 1.71. The Morgan fingerprint density at radius 1 is 1.39 bits per heavy atom. The minimum atomic E-state index is -4.46. The first-order valence-electron chi connectivity index (χ1n) is 7.89. The van der Waals surface area contributed by atoms with Gasteiger partial charge in [-0.25, -0.2) is 0 Å². The van der Waals surface area contributed by atoms with Crippen LogP contribution in [0.1, 0.15) is 31.0 Å². The minimum Gasteiger partial charge on any atom is -0.365 e. The first-order valence-corrected chi connectivity index (χ1v) is 7.89. The van der Waals surface area contributed by atoms with Gasteiger partial charge in [0.05, 0.1) is 25.3 Å². The molecule has 8 heteroatoms. The van der Waals surface area contributed by atoms with Gasteiger partial charge >= 0.3 is 6.18 Å².